The highest BCUT2D eigenvalue weighted by atomic mass is 19.4. The molecule has 1 N–H and O–H groups in total. The Morgan fingerprint density at radius 2 is 1.52 bits per heavy atom. The summed E-state index contributed by atoms with van der Waals surface area (Å²) in [5.74, 6) is 0. The predicted molar refractivity (Wildman–Crippen MR) is 73.8 cm³/mol. The van der Waals surface area contributed by atoms with Crippen LogP contribution in [0.5, 0.6) is 0 Å². The summed E-state index contributed by atoms with van der Waals surface area (Å²) in [5, 5.41) is 3.19. The van der Waals surface area contributed by atoms with Gasteiger partial charge in [-0.05, 0) is 43.6 Å². The summed E-state index contributed by atoms with van der Waals surface area (Å²) in [5.41, 5.74) is 0.0254. The van der Waals surface area contributed by atoms with Gasteiger partial charge in [-0.25, -0.2) is 0 Å². The van der Waals surface area contributed by atoms with E-state index >= 15 is 0 Å². The van der Waals surface area contributed by atoms with Crippen LogP contribution in [0.4, 0.5) is 26.3 Å². The van der Waals surface area contributed by atoms with Crippen LogP contribution in [0.3, 0.4) is 0 Å². The molecule has 1 aliphatic heterocycles. The molecule has 1 fully saturated rings. The summed E-state index contributed by atoms with van der Waals surface area (Å²) in [6, 6.07) is 4.97. The quantitative estimate of drug-likeness (QED) is 0.839. The van der Waals surface area contributed by atoms with Crippen molar-refractivity contribution in [3.63, 3.8) is 0 Å². The van der Waals surface area contributed by atoms with Gasteiger partial charge in [0.1, 0.15) is 0 Å². The average Bonchev–Trinajstić information content (AvgIpc) is 2.44. The fraction of sp³-hybridized carbons (Fsp3) is 0.600. The van der Waals surface area contributed by atoms with Crippen molar-refractivity contribution in [2.75, 3.05) is 19.6 Å². The van der Waals surface area contributed by atoms with Crippen LogP contribution in [0.2, 0.25) is 0 Å². The maximum absolute atomic E-state index is 12.5. The molecule has 1 aromatic rings. The Balaban J connectivity index is 1.75. The first kappa shape index (κ1) is 18.1. The van der Waals surface area contributed by atoms with E-state index in [9.17, 15) is 26.3 Å². The fourth-order valence-corrected chi connectivity index (χ4v) is 2.62. The first-order chi connectivity index (χ1) is 10.6. The van der Waals surface area contributed by atoms with E-state index in [-0.39, 0.29) is 6.04 Å². The number of rotatable bonds is 4. The largest absolute Gasteiger partial charge is 0.416 e. The van der Waals surface area contributed by atoms with Crippen LogP contribution < -0.4 is 5.32 Å². The molecule has 2 nitrogen and oxygen atoms in total. The van der Waals surface area contributed by atoms with Crippen LogP contribution >= 0.6 is 0 Å². The number of piperidine rings is 1. The molecule has 0 spiro atoms. The number of nitrogens with one attached hydrogen (secondary N) is 1. The molecule has 0 aromatic heterocycles. The van der Waals surface area contributed by atoms with Gasteiger partial charge in [-0.2, -0.15) is 26.3 Å². The van der Waals surface area contributed by atoms with Gasteiger partial charge >= 0.3 is 12.4 Å². The van der Waals surface area contributed by atoms with E-state index in [1.54, 1.807) is 0 Å². The minimum Gasteiger partial charge on any atom is -0.310 e. The SMILES string of the molecule is FC(F)(F)CN1CCC(NCc2ccc(C(F)(F)F)cc2)CC1. The van der Waals surface area contributed by atoms with Crippen LogP contribution in [0.1, 0.15) is 24.0 Å². The maximum Gasteiger partial charge on any atom is 0.416 e. The summed E-state index contributed by atoms with van der Waals surface area (Å²) in [6.07, 6.45) is -7.34. The molecular weight excluding hydrogens is 322 g/mol. The fourth-order valence-electron chi connectivity index (χ4n) is 2.62. The summed E-state index contributed by atoms with van der Waals surface area (Å²) in [4.78, 5) is 1.37. The van der Waals surface area contributed by atoms with E-state index in [2.05, 4.69) is 5.32 Å². The molecule has 1 saturated heterocycles. The van der Waals surface area contributed by atoms with Gasteiger partial charge < -0.3 is 5.32 Å². The normalized spacial score (nSPS) is 18.3. The van der Waals surface area contributed by atoms with Crippen molar-refractivity contribution in [3.05, 3.63) is 35.4 Å². The van der Waals surface area contributed by atoms with Crippen molar-refractivity contribution >= 4 is 0 Å². The third kappa shape index (κ3) is 6.02. The lowest BCUT2D eigenvalue weighted by atomic mass is 10.0. The summed E-state index contributed by atoms with van der Waals surface area (Å²) < 4.78 is 74.2. The lowest BCUT2D eigenvalue weighted by Crippen LogP contribution is -2.45. The molecule has 0 bridgehead atoms. The van der Waals surface area contributed by atoms with Crippen molar-refractivity contribution in [1.29, 1.82) is 0 Å². The van der Waals surface area contributed by atoms with Crippen LogP contribution in [0.25, 0.3) is 0 Å². The number of alkyl halides is 6. The number of hydrogen-bond donors (Lipinski definition) is 1. The zero-order valence-electron chi connectivity index (χ0n) is 12.3. The van der Waals surface area contributed by atoms with Gasteiger partial charge in [-0.15, -0.1) is 0 Å². The molecule has 1 aromatic carbocycles. The molecule has 0 radical (unpaired) electrons. The predicted octanol–water partition coefficient (Wildman–Crippen LogP) is 3.82. The summed E-state index contributed by atoms with van der Waals surface area (Å²) >= 11 is 0. The van der Waals surface area contributed by atoms with E-state index in [0.717, 1.165) is 17.7 Å². The third-order valence-corrected chi connectivity index (χ3v) is 3.87. The number of nitrogens with zero attached hydrogens (tertiary/aromatic N) is 1. The van der Waals surface area contributed by atoms with Crippen molar-refractivity contribution in [2.24, 2.45) is 0 Å². The van der Waals surface area contributed by atoms with Gasteiger partial charge in [0.2, 0.25) is 0 Å². The Hall–Kier alpha value is -1.28. The Kier molecular flexibility index (Phi) is 5.57. The third-order valence-electron chi connectivity index (χ3n) is 3.87. The van der Waals surface area contributed by atoms with Crippen molar-refractivity contribution in [2.45, 2.75) is 37.8 Å². The lowest BCUT2D eigenvalue weighted by Gasteiger charge is -2.32. The van der Waals surface area contributed by atoms with Crippen LogP contribution in [-0.4, -0.2) is 36.8 Å². The molecule has 0 atom stereocenters. The Labute approximate surface area is 130 Å². The maximum atomic E-state index is 12.5. The van der Waals surface area contributed by atoms with Gasteiger partial charge in [0, 0.05) is 12.6 Å². The van der Waals surface area contributed by atoms with E-state index in [0.29, 0.717) is 32.5 Å². The van der Waals surface area contributed by atoms with E-state index in [4.69, 9.17) is 0 Å². The molecule has 1 aliphatic rings. The molecule has 1 heterocycles. The highest BCUT2D eigenvalue weighted by molar-refractivity contribution is 5.24. The standard InChI is InChI=1S/C15H18F6N2/c16-14(17,18)10-23-7-5-13(6-8-23)22-9-11-1-3-12(4-2-11)15(19,20)21/h1-4,13,22H,5-10H2. The molecule has 0 unspecified atom stereocenters. The van der Waals surface area contributed by atoms with Crippen LogP contribution in [-0.2, 0) is 12.7 Å². The van der Waals surface area contributed by atoms with Gasteiger partial charge in [0.15, 0.2) is 0 Å². The molecule has 0 aliphatic carbocycles. The Morgan fingerprint density at radius 1 is 0.957 bits per heavy atom. The van der Waals surface area contributed by atoms with Crippen LogP contribution in [0.15, 0.2) is 24.3 Å². The van der Waals surface area contributed by atoms with Crippen LogP contribution in [0, 0.1) is 0 Å². The molecule has 23 heavy (non-hydrogen) atoms. The summed E-state index contributed by atoms with van der Waals surface area (Å²) in [7, 11) is 0. The first-order valence-corrected chi connectivity index (χ1v) is 7.32. The van der Waals surface area contributed by atoms with E-state index in [1.807, 2.05) is 0 Å². The monoisotopic (exact) mass is 340 g/mol. The zero-order chi connectivity index (χ0) is 17.1. The lowest BCUT2D eigenvalue weighted by molar-refractivity contribution is -0.148. The number of benzene rings is 1. The molecular formula is C15H18F6N2. The highest BCUT2D eigenvalue weighted by Crippen LogP contribution is 2.29. The Bertz CT molecular complexity index is 486. The topological polar surface area (TPSA) is 15.3 Å². The second kappa shape index (κ2) is 7.09. The minimum absolute atomic E-state index is 0.0850. The second-order valence-electron chi connectivity index (χ2n) is 5.74. The molecule has 2 rings (SSSR count). The smallest absolute Gasteiger partial charge is 0.310 e. The second-order valence-corrected chi connectivity index (χ2v) is 5.74. The first-order valence-electron chi connectivity index (χ1n) is 7.32. The molecule has 130 valence electrons. The van der Waals surface area contributed by atoms with Crippen molar-refractivity contribution in [1.82, 2.24) is 10.2 Å². The molecule has 0 saturated carbocycles. The number of hydrogen-bond acceptors (Lipinski definition) is 2. The molecule has 0 amide bonds. The summed E-state index contributed by atoms with van der Waals surface area (Å²) in [6.45, 7) is 0.245. The van der Waals surface area contributed by atoms with Crippen molar-refractivity contribution < 1.29 is 26.3 Å². The van der Waals surface area contributed by atoms with Gasteiger partial charge in [0.25, 0.3) is 0 Å². The minimum atomic E-state index is -4.35. The number of halogens is 6. The molecule has 8 heteroatoms. The zero-order valence-corrected chi connectivity index (χ0v) is 12.3. The van der Waals surface area contributed by atoms with Gasteiger partial charge in [-0.3, -0.25) is 4.90 Å². The Morgan fingerprint density at radius 3 is 2.00 bits per heavy atom. The van der Waals surface area contributed by atoms with E-state index in [1.165, 1.54) is 17.0 Å². The van der Waals surface area contributed by atoms with E-state index < -0.39 is 24.5 Å². The average molecular weight is 340 g/mol. The van der Waals surface area contributed by atoms with Crippen molar-refractivity contribution in [3.8, 4) is 0 Å². The van der Waals surface area contributed by atoms with Gasteiger partial charge in [-0.1, -0.05) is 12.1 Å². The highest BCUT2D eigenvalue weighted by Gasteiger charge is 2.32. The van der Waals surface area contributed by atoms with Gasteiger partial charge in [0.05, 0.1) is 12.1 Å². The number of likely N-dealkylation sites (tertiary alicyclic amines) is 1.